The average molecular weight is 209 g/mol. The molecule has 0 amide bonds. The lowest BCUT2D eigenvalue weighted by molar-refractivity contribution is 0.0668. The van der Waals surface area contributed by atoms with Crippen molar-refractivity contribution in [3.8, 4) is 5.75 Å². The van der Waals surface area contributed by atoms with E-state index in [1.165, 1.54) is 0 Å². The fraction of sp³-hybridized carbons (Fsp3) is 0.500. The molecule has 0 saturated carbocycles. The van der Waals surface area contributed by atoms with Crippen LogP contribution in [0, 0.1) is 0 Å². The first-order valence-electron chi connectivity index (χ1n) is 5.26. The standard InChI is InChI=1S/C12H19NO2/c1-3-8-15-11-6-4-10(5-7-11)12(2,14)9-13/h4-7,14H,3,8-9,13H2,1-2H3. The predicted octanol–water partition coefficient (Wildman–Crippen LogP) is 1.64. The van der Waals surface area contributed by atoms with E-state index in [0.29, 0.717) is 6.61 Å². The van der Waals surface area contributed by atoms with Gasteiger partial charge >= 0.3 is 0 Å². The zero-order valence-electron chi connectivity index (χ0n) is 9.36. The average Bonchev–Trinajstić information content (AvgIpc) is 2.27. The molecule has 1 unspecified atom stereocenters. The van der Waals surface area contributed by atoms with Gasteiger partial charge in [-0.1, -0.05) is 19.1 Å². The third-order valence-corrected chi connectivity index (χ3v) is 2.35. The molecular formula is C12H19NO2. The second kappa shape index (κ2) is 5.14. The molecule has 15 heavy (non-hydrogen) atoms. The maximum atomic E-state index is 9.90. The lowest BCUT2D eigenvalue weighted by Gasteiger charge is -2.21. The van der Waals surface area contributed by atoms with Gasteiger partial charge in [-0.15, -0.1) is 0 Å². The van der Waals surface area contributed by atoms with E-state index in [0.717, 1.165) is 17.7 Å². The first-order valence-corrected chi connectivity index (χ1v) is 5.26. The minimum atomic E-state index is -0.955. The minimum absolute atomic E-state index is 0.210. The van der Waals surface area contributed by atoms with Crippen molar-refractivity contribution in [2.24, 2.45) is 5.73 Å². The van der Waals surface area contributed by atoms with Gasteiger partial charge in [-0.05, 0) is 31.0 Å². The lowest BCUT2D eigenvalue weighted by atomic mass is 9.96. The molecule has 0 radical (unpaired) electrons. The molecular weight excluding hydrogens is 190 g/mol. The molecule has 0 fully saturated rings. The molecule has 3 heteroatoms. The van der Waals surface area contributed by atoms with Gasteiger partial charge in [0.15, 0.2) is 0 Å². The molecule has 0 bridgehead atoms. The Labute approximate surface area is 90.9 Å². The fourth-order valence-electron chi connectivity index (χ4n) is 1.25. The zero-order chi connectivity index (χ0) is 11.3. The van der Waals surface area contributed by atoms with Crippen molar-refractivity contribution in [2.75, 3.05) is 13.2 Å². The van der Waals surface area contributed by atoms with Gasteiger partial charge in [-0.25, -0.2) is 0 Å². The maximum Gasteiger partial charge on any atom is 0.119 e. The highest BCUT2D eigenvalue weighted by Crippen LogP contribution is 2.21. The summed E-state index contributed by atoms with van der Waals surface area (Å²) in [4.78, 5) is 0. The summed E-state index contributed by atoms with van der Waals surface area (Å²) in [5, 5.41) is 9.90. The summed E-state index contributed by atoms with van der Waals surface area (Å²) in [6.45, 7) is 4.69. The van der Waals surface area contributed by atoms with Gasteiger partial charge in [-0.3, -0.25) is 0 Å². The Morgan fingerprint density at radius 2 is 1.93 bits per heavy atom. The summed E-state index contributed by atoms with van der Waals surface area (Å²) in [6.07, 6.45) is 0.988. The number of aliphatic hydroxyl groups is 1. The highest BCUT2D eigenvalue weighted by Gasteiger charge is 2.20. The second-order valence-corrected chi connectivity index (χ2v) is 3.85. The van der Waals surface area contributed by atoms with Crippen molar-refractivity contribution < 1.29 is 9.84 Å². The summed E-state index contributed by atoms with van der Waals surface area (Å²) < 4.78 is 5.44. The number of hydrogen-bond acceptors (Lipinski definition) is 3. The molecule has 0 aliphatic heterocycles. The topological polar surface area (TPSA) is 55.5 Å². The Hall–Kier alpha value is -1.06. The summed E-state index contributed by atoms with van der Waals surface area (Å²) in [6, 6.07) is 7.40. The normalized spacial score (nSPS) is 14.7. The van der Waals surface area contributed by atoms with Crippen molar-refractivity contribution in [1.29, 1.82) is 0 Å². The van der Waals surface area contributed by atoms with Crippen molar-refractivity contribution >= 4 is 0 Å². The van der Waals surface area contributed by atoms with Crippen LogP contribution in [0.15, 0.2) is 24.3 Å². The maximum absolute atomic E-state index is 9.90. The van der Waals surface area contributed by atoms with Gasteiger partial charge in [0.25, 0.3) is 0 Å². The Kier molecular flexibility index (Phi) is 4.12. The number of benzene rings is 1. The molecule has 84 valence electrons. The van der Waals surface area contributed by atoms with Crippen LogP contribution in [-0.4, -0.2) is 18.3 Å². The van der Waals surface area contributed by atoms with Crippen LogP contribution in [0.25, 0.3) is 0 Å². The molecule has 1 atom stereocenters. The molecule has 3 N–H and O–H groups in total. The van der Waals surface area contributed by atoms with Gasteiger partial charge in [0.1, 0.15) is 5.75 Å². The second-order valence-electron chi connectivity index (χ2n) is 3.85. The van der Waals surface area contributed by atoms with Gasteiger partial charge in [0, 0.05) is 6.54 Å². The molecule has 3 nitrogen and oxygen atoms in total. The highest BCUT2D eigenvalue weighted by molar-refractivity contribution is 5.30. The van der Waals surface area contributed by atoms with Crippen LogP contribution < -0.4 is 10.5 Å². The lowest BCUT2D eigenvalue weighted by Crippen LogP contribution is -2.31. The summed E-state index contributed by atoms with van der Waals surface area (Å²) >= 11 is 0. The Balaban J connectivity index is 2.72. The fourth-order valence-corrected chi connectivity index (χ4v) is 1.25. The first-order chi connectivity index (χ1) is 7.10. The van der Waals surface area contributed by atoms with E-state index in [9.17, 15) is 5.11 Å². The van der Waals surface area contributed by atoms with Crippen LogP contribution in [0.1, 0.15) is 25.8 Å². The van der Waals surface area contributed by atoms with Crippen LogP contribution in [0.5, 0.6) is 5.75 Å². The first kappa shape index (κ1) is 12.0. The molecule has 0 heterocycles. The molecule has 0 aliphatic carbocycles. The number of nitrogens with two attached hydrogens (primary N) is 1. The Morgan fingerprint density at radius 3 is 2.40 bits per heavy atom. The smallest absolute Gasteiger partial charge is 0.119 e. The summed E-state index contributed by atoms with van der Waals surface area (Å²) in [5.74, 6) is 0.827. The third-order valence-electron chi connectivity index (χ3n) is 2.35. The molecule has 0 saturated heterocycles. The van der Waals surface area contributed by atoms with E-state index in [-0.39, 0.29) is 6.54 Å². The highest BCUT2D eigenvalue weighted by atomic mass is 16.5. The molecule has 0 aromatic heterocycles. The number of hydrogen-bond donors (Lipinski definition) is 2. The quantitative estimate of drug-likeness (QED) is 0.775. The molecule has 0 spiro atoms. The summed E-state index contributed by atoms with van der Waals surface area (Å²) in [5.41, 5.74) is 5.33. The molecule has 1 rings (SSSR count). The van der Waals surface area contributed by atoms with Gasteiger partial charge in [0.2, 0.25) is 0 Å². The van der Waals surface area contributed by atoms with E-state index in [1.807, 2.05) is 24.3 Å². The van der Waals surface area contributed by atoms with Crippen LogP contribution in [0.4, 0.5) is 0 Å². The van der Waals surface area contributed by atoms with Gasteiger partial charge in [-0.2, -0.15) is 0 Å². The van der Waals surface area contributed by atoms with Crippen molar-refractivity contribution in [3.63, 3.8) is 0 Å². The van der Waals surface area contributed by atoms with E-state index < -0.39 is 5.60 Å². The number of rotatable bonds is 5. The van der Waals surface area contributed by atoms with Crippen LogP contribution in [-0.2, 0) is 5.60 Å². The Bertz CT molecular complexity index is 293. The van der Waals surface area contributed by atoms with E-state index in [4.69, 9.17) is 10.5 Å². The van der Waals surface area contributed by atoms with Crippen LogP contribution in [0.2, 0.25) is 0 Å². The van der Waals surface area contributed by atoms with Crippen molar-refractivity contribution in [3.05, 3.63) is 29.8 Å². The summed E-state index contributed by atoms with van der Waals surface area (Å²) in [7, 11) is 0. The zero-order valence-corrected chi connectivity index (χ0v) is 9.36. The van der Waals surface area contributed by atoms with Crippen molar-refractivity contribution in [2.45, 2.75) is 25.9 Å². The largest absolute Gasteiger partial charge is 0.494 e. The molecule has 1 aromatic rings. The minimum Gasteiger partial charge on any atom is -0.494 e. The molecule has 1 aromatic carbocycles. The van der Waals surface area contributed by atoms with E-state index in [2.05, 4.69) is 6.92 Å². The van der Waals surface area contributed by atoms with Gasteiger partial charge in [0.05, 0.1) is 12.2 Å². The molecule has 0 aliphatic rings. The van der Waals surface area contributed by atoms with E-state index in [1.54, 1.807) is 6.92 Å². The predicted molar refractivity (Wildman–Crippen MR) is 60.9 cm³/mol. The monoisotopic (exact) mass is 209 g/mol. The van der Waals surface area contributed by atoms with Crippen LogP contribution in [0.3, 0.4) is 0 Å². The third kappa shape index (κ3) is 3.22. The SMILES string of the molecule is CCCOc1ccc(C(C)(O)CN)cc1. The van der Waals surface area contributed by atoms with Crippen LogP contribution >= 0.6 is 0 Å². The Morgan fingerprint density at radius 1 is 1.33 bits per heavy atom. The van der Waals surface area contributed by atoms with Gasteiger partial charge < -0.3 is 15.6 Å². The van der Waals surface area contributed by atoms with E-state index >= 15 is 0 Å². The van der Waals surface area contributed by atoms with Crippen molar-refractivity contribution in [1.82, 2.24) is 0 Å². The number of ether oxygens (including phenoxy) is 1.